The van der Waals surface area contributed by atoms with Crippen molar-refractivity contribution in [1.29, 1.82) is 0 Å². The van der Waals surface area contributed by atoms with Gasteiger partial charge in [0.05, 0.1) is 6.04 Å². The third-order valence-electron chi connectivity index (χ3n) is 1.73. The Balaban J connectivity index is 2.33. The molecule has 0 aromatic carbocycles. The molecule has 1 heterocycles. The lowest BCUT2D eigenvalue weighted by atomic mass is 10.0. The van der Waals surface area contributed by atoms with E-state index in [4.69, 9.17) is 5.73 Å². The van der Waals surface area contributed by atoms with Gasteiger partial charge in [0, 0.05) is 11.8 Å². The molecule has 0 aromatic rings. The summed E-state index contributed by atoms with van der Waals surface area (Å²) < 4.78 is 0. The molecule has 1 aliphatic heterocycles. The molecular weight excluding hydrogens is 148 g/mol. The van der Waals surface area contributed by atoms with E-state index in [1.165, 1.54) is 0 Å². The molecule has 0 radical (unpaired) electrons. The molecule has 1 rings (SSSR count). The van der Waals surface area contributed by atoms with Crippen LogP contribution in [0.25, 0.3) is 0 Å². The minimum Gasteiger partial charge on any atom is -0.368 e. The molecule has 2 unspecified atom stereocenters. The predicted molar refractivity (Wildman–Crippen MR) is 43.0 cm³/mol. The van der Waals surface area contributed by atoms with Gasteiger partial charge >= 0.3 is 0 Å². The molecule has 3 nitrogen and oxygen atoms in total. The van der Waals surface area contributed by atoms with Crippen LogP contribution in [0.5, 0.6) is 0 Å². The lowest BCUT2D eigenvalue weighted by molar-refractivity contribution is -0.120. The van der Waals surface area contributed by atoms with Crippen LogP contribution < -0.4 is 11.1 Å². The largest absolute Gasteiger partial charge is 0.368 e. The van der Waals surface area contributed by atoms with Gasteiger partial charge in [-0.25, -0.2) is 0 Å². The smallest absolute Gasteiger partial charge is 0.234 e. The van der Waals surface area contributed by atoms with Gasteiger partial charge in [0.1, 0.15) is 0 Å². The number of piperidine rings is 1. The van der Waals surface area contributed by atoms with E-state index >= 15 is 0 Å². The van der Waals surface area contributed by atoms with E-state index in [0.29, 0.717) is 5.25 Å². The summed E-state index contributed by atoms with van der Waals surface area (Å²) in [6, 6.07) is -0.122. The first-order valence-electron chi connectivity index (χ1n) is 3.41. The maximum atomic E-state index is 10.6. The molecule has 1 aliphatic rings. The van der Waals surface area contributed by atoms with Crippen molar-refractivity contribution < 1.29 is 4.79 Å². The lowest BCUT2D eigenvalue weighted by Crippen LogP contribution is -2.47. The lowest BCUT2D eigenvalue weighted by Gasteiger charge is -2.24. The Kier molecular flexibility index (Phi) is 2.56. The van der Waals surface area contributed by atoms with E-state index in [1.807, 2.05) is 0 Å². The number of hydrogen-bond acceptors (Lipinski definition) is 3. The Bertz CT molecular complexity index is 132. The molecule has 0 saturated carbocycles. The first-order valence-corrected chi connectivity index (χ1v) is 3.92. The number of rotatable bonds is 1. The van der Waals surface area contributed by atoms with Crippen LogP contribution in [0, 0.1) is 0 Å². The number of hydrogen-bond donors (Lipinski definition) is 3. The number of nitrogens with two attached hydrogens (primary N) is 1. The van der Waals surface area contributed by atoms with E-state index in [-0.39, 0.29) is 11.9 Å². The van der Waals surface area contributed by atoms with E-state index in [2.05, 4.69) is 17.9 Å². The summed E-state index contributed by atoms with van der Waals surface area (Å²) in [7, 11) is 0. The Labute approximate surface area is 65.8 Å². The first-order chi connectivity index (χ1) is 4.70. The monoisotopic (exact) mass is 160 g/mol. The van der Waals surface area contributed by atoms with Gasteiger partial charge in [-0.05, 0) is 12.8 Å². The molecule has 1 fully saturated rings. The topological polar surface area (TPSA) is 55.1 Å². The molecule has 4 heteroatoms. The van der Waals surface area contributed by atoms with Crippen LogP contribution in [0.3, 0.4) is 0 Å². The fraction of sp³-hybridized carbons (Fsp3) is 0.833. The molecule has 2 atom stereocenters. The van der Waals surface area contributed by atoms with E-state index in [0.717, 1.165) is 19.4 Å². The van der Waals surface area contributed by atoms with Crippen LogP contribution in [0.2, 0.25) is 0 Å². The molecule has 1 saturated heterocycles. The Hall–Kier alpha value is -0.220. The Morgan fingerprint density at radius 1 is 1.60 bits per heavy atom. The molecule has 0 spiro atoms. The molecule has 0 aliphatic carbocycles. The van der Waals surface area contributed by atoms with E-state index in [9.17, 15) is 4.79 Å². The van der Waals surface area contributed by atoms with Crippen LogP contribution in [-0.4, -0.2) is 23.7 Å². The second-order valence-electron chi connectivity index (χ2n) is 2.59. The van der Waals surface area contributed by atoms with Gasteiger partial charge in [-0.2, -0.15) is 12.6 Å². The number of primary amides is 1. The number of carbonyl (C=O) groups is 1. The van der Waals surface area contributed by atoms with Gasteiger partial charge in [0.25, 0.3) is 0 Å². The number of nitrogens with one attached hydrogen (secondary N) is 1. The van der Waals surface area contributed by atoms with Crippen molar-refractivity contribution in [2.75, 3.05) is 6.54 Å². The van der Waals surface area contributed by atoms with Gasteiger partial charge < -0.3 is 11.1 Å². The highest BCUT2D eigenvalue weighted by molar-refractivity contribution is 7.81. The summed E-state index contributed by atoms with van der Waals surface area (Å²) in [5, 5.41) is 3.40. The van der Waals surface area contributed by atoms with Crippen LogP contribution in [0.4, 0.5) is 0 Å². The standard InChI is InChI=1S/C6H12N2OS/c7-6(9)5-2-1-4(10)3-8-5/h4-5,8,10H,1-3H2,(H2,7,9). The molecule has 1 amide bonds. The molecular formula is C6H12N2OS. The maximum Gasteiger partial charge on any atom is 0.234 e. The number of thiol groups is 1. The van der Waals surface area contributed by atoms with Gasteiger partial charge in [-0.15, -0.1) is 0 Å². The molecule has 58 valence electrons. The first kappa shape index (κ1) is 7.88. The molecule has 3 N–H and O–H groups in total. The van der Waals surface area contributed by atoms with Crippen molar-refractivity contribution >= 4 is 18.5 Å². The molecule has 0 aromatic heterocycles. The second-order valence-corrected chi connectivity index (χ2v) is 3.32. The average Bonchev–Trinajstić information content (AvgIpc) is 1.88. The second kappa shape index (κ2) is 3.25. The van der Waals surface area contributed by atoms with Crippen molar-refractivity contribution in [2.24, 2.45) is 5.73 Å². The highest BCUT2D eigenvalue weighted by Crippen LogP contribution is 2.11. The Morgan fingerprint density at radius 3 is 2.70 bits per heavy atom. The van der Waals surface area contributed by atoms with Crippen LogP contribution in [0.1, 0.15) is 12.8 Å². The minimum atomic E-state index is -0.250. The fourth-order valence-electron chi connectivity index (χ4n) is 1.08. The average molecular weight is 160 g/mol. The minimum absolute atomic E-state index is 0.122. The van der Waals surface area contributed by atoms with E-state index in [1.54, 1.807) is 0 Å². The SMILES string of the molecule is NC(=O)C1CCC(S)CN1. The highest BCUT2D eigenvalue weighted by Gasteiger charge is 2.21. The summed E-state index contributed by atoms with van der Waals surface area (Å²) in [5.41, 5.74) is 5.09. The van der Waals surface area contributed by atoms with Crippen LogP contribution in [-0.2, 0) is 4.79 Å². The van der Waals surface area contributed by atoms with Crippen LogP contribution in [0.15, 0.2) is 0 Å². The van der Waals surface area contributed by atoms with Gasteiger partial charge in [0.2, 0.25) is 5.91 Å². The van der Waals surface area contributed by atoms with Crippen molar-refractivity contribution in [3.63, 3.8) is 0 Å². The summed E-state index contributed by atoms with van der Waals surface area (Å²) in [6.45, 7) is 0.788. The third kappa shape index (κ3) is 1.88. The third-order valence-corrected chi connectivity index (χ3v) is 2.17. The molecule has 10 heavy (non-hydrogen) atoms. The van der Waals surface area contributed by atoms with Gasteiger partial charge in [0.15, 0.2) is 0 Å². The number of amides is 1. The zero-order valence-electron chi connectivity index (χ0n) is 5.71. The zero-order valence-corrected chi connectivity index (χ0v) is 6.60. The zero-order chi connectivity index (χ0) is 7.56. The maximum absolute atomic E-state index is 10.6. The number of carbonyl (C=O) groups excluding carboxylic acids is 1. The van der Waals surface area contributed by atoms with Crippen LogP contribution >= 0.6 is 12.6 Å². The van der Waals surface area contributed by atoms with Crippen molar-refractivity contribution in [3.8, 4) is 0 Å². The van der Waals surface area contributed by atoms with Crippen molar-refractivity contribution in [1.82, 2.24) is 5.32 Å². The summed E-state index contributed by atoms with van der Waals surface area (Å²) >= 11 is 4.26. The van der Waals surface area contributed by atoms with E-state index < -0.39 is 0 Å². The van der Waals surface area contributed by atoms with Gasteiger partial charge in [-0.3, -0.25) is 4.79 Å². The summed E-state index contributed by atoms with van der Waals surface area (Å²) in [4.78, 5) is 10.6. The normalized spacial score (nSPS) is 33.7. The molecule has 0 bridgehead atoms. The quantitative estimate of drug-likeness (QED) is 0.454. The Morgan fingerprint density at radius 2 is 2.30 bits per heavy atom. The predicted octanol–water partition coefficient (Wildman–Crippen LogP) is -0.478. The van der Waals surface area contributed by atoms with Crippen molar-refractivity contribution in [2.45, 2.75) is 24.1 Å². The van der Waals surface area contributed by atoms with Crippen molar-refractivity contribution in [3.05, 3.63) is 0 Å². The van der Waals surface area contributed by atoms with Gasteiger partial charge in [-0.1, -0.05) is 0 Å². The summed E-state index contributed by atoms with van der Waals surface area (Å²) in [6.07, 6.45) is 1.80. The highest BCUT2D eigenvalue weighted by atomic mass is 32.1. The fourth-order valence-corrected chi connectivity index (χ4v) is 1.34. The summed E-state index contributed by atoms with van der Waals surface area (Å²) in [5.74, 6) is -0.250.